The number of aryl methyl sites for hydroxylation is 1. The van der Waals surface area contributed by atoms with Crippen molar-refractivity contribution < 1.29 is 0 Å². The fraction of sp³-hybridized carbons (Fsp3) is 0.647. The number of nitrogens with one attached hydrogen (secondary N) is 1. The number of piperidine rings is 1. The molecule has 1 saturated heterocycles. The van der Waals surface area contributed by atoms with E-state index < -0.39 is 0 Å². The summed E-state index contributed by atoms with van der Waals surface area (Å²) in [5, 5.41) is 3.62. The normalized spacial score (nSPS) is 36.1. The van der Waals surface area contributed by atoms with Crippen molar-refractivity contribution in [1.82, 2.24) is 5.32 Å². The average molecular weight is 243 g/mol. The molecule has 0 aromatic heterocycles. The van der Waals surface area contributed by atoms with Crippen LogP contribution in [0.25, 0.3) is 0 Å². The topological polar surface area (TPSA) is 12.0 Å². The van der Waals surface area contributed by atoms with Crippen LogP contribution in [0.1, 0.15) is 49.7 Å². The van der Waals surface area contributed by atoms with Crippen LogP contribution in [0.4, 0.5) is 0 Å². The van der Waals surface area contributed by atoms with E-state index in [1.807, 2.05) is 0 Å². The zero-order chi connectivity index (χ0) is 12.6. The van der Waals surface area contributed by atoms with Crippen molar-refractivity contribution >= 4 is 0 Å². The van der Waals surface area contributed by atoms with Gasteiger partial charge in [-0.3, -0.25) is 0 Å². The molecule has 1 spiro atoms. The Hall–Kier alpha value is -0.820. The molecule has 1 heteroatoms. The standard InChI is InChI=1S/C17H25N/c1-13-5-7-15(8-6-13)16-12-18-11-10-17(16)9-3-4-14(17)2/h5-8,14,16,18H,3-4,9-12H2,1-2H3. The molecule has 1 aliphatic carbocycles. The SMILES string of the molecule is Cc1ccc(C2CNCCC23CCCC3C)cc1. The van der Waals surface area contributed by atoms with Crippen LogP contribution >= 0.6 is 0 Å². The quantitative estimate of drug-likeness (QED) is 0.789. The molecule has 0 radical (unpaired) electrons. The largest absolute Gasteiger partial charge is 0.316 e. The molecular weight excluding hydrogens is 218 g/mol. The monoisotopic (exact) mass is 243 g/mol. The van der Waals surface area contributed by atoms with E-state index in [-0.39, 0.29) is 0 Å². The number of hydrogen-bond acceptors (Lipinski definition) is 1. The van der Waals surface area contributed by atoms with Crippen molar-refractivity contribution in [3.05, 3.63) is 35.4 Å². The molecular formula is C17H25N. The van der Waals surface area contributed by atoms with Crippen LogP contribution in [-0.4, -0.2) is 13.1 Å². The predicted molar refractivity (Wildman–Crippen MR) is 76.9 cm³/mol. The molecule has 0 bridgehead atoms. The van der Waals surface area contributed by atoms with Crippen LogP contribution in [0.3, 0.4) is 0 Å². The van der Waals surface area contributed by atoms with Gasteiger partial charge in [-0.25, -0.2) is 0 Å². The molecule has 3 unspecified atom stereocenters. The van der Waals surface area contributed by atoms with E-state index in [1.165, 1.54) is 44.3 Å². The fourth-order valence-corrected chi connectivity index (χ4v) is 4.35. The average Bonchev–Trinajstić information content (AvgIpc) is 2.74. The number of benzene rings is 1. The van der Waals surface area contributed by atoms with Crippen molar-refractivity contribution in [3.8, 4) is 0 Å². The van der Waals surface area contributed by atoms with Gasteiger partial charge in [0.15, 0.2) is 0 Å². The first-order valence-electron chi connectivity index (χ1n) is 7.50. The van der Waals surface area contributed by atoms with Gasteiger partial charge in [0.25, 0.3) is 0 Å². The lowest BCUT2D eigenvalue weighted by molar-refractivity contribution is 0.116. The predicted octanol–water partition coefficient (Wildman–Crippen LogP) is 3.88. The lowest BCUT2D eigenvalue weighted by Crippen LogP contribution is -2.45. The summed E-state index contributed by atoms with van der Waals surface area (Å²) < 4.78 is 0. The Morgan fingerprint density at radius 2 is 1.94 bits per heavy atom. The van der Waals surface area contributed by atoms with E-state index in [0.29, 0.717) is 5.41 Å². The van der Waals surface area contributed by atoms with Crippen LogP contribution in [0.2, 0.25) is 0 Å². The first kappa shape index (κ1) is 12.2. The van der Waals surface area contributed by atoms with E-state index in [2.05, 4.69) is 43.4 Å². The molecule has 3 atom stereocenters. The van der Waals surface area contributed by atoms with Gasteiger partial charge in [0, 0.05) is 12.5 Å². The molecule has 1 heterocycles. The molecule has 1 aliphatic heterocycles. The van der Waals surface area contributed by atoms with Crippen LogP contribution < -0.4 is 5.32 Å². The Labute approximate surface area is 111 Å². The molecule has 1 N–H and O–H groups in total. The molecule has 1 aromatic rings. The van der Waals surface area contributed by atoms with Crippen molar-refractivity contribution in [2.75, 3.05) is 13.1 Å². The minimum Gasteiger partial charge on any atom is -0.316 e. The minimum atomic E-state index is 0.584. The summed E-state index contributed by atoms with van der Waals surface area (Å²) in [5.41, 5.74) is 3.51. The van der Waals surface area contributed by atoms with Crippen molar-refractivity contribution in [1.29, 1.82) is 0 Å². The van der Waals surface area contributed by atoms with Crippen molar-refractivity contribution in [3.63, 3.8) is 0 Å². The van der Waals surface area contributed by atoms with Crippen LogP contribution in [0.15, 0.2) is 24.3 Å². The maximum absolute atomic E-state index is 3.62. The smallest absolute Gasteiger partial charge is 0.00256 e. The highest BCUT2D eigenvalue weighted by Crippen LogP contribution is 2.55. The second-order valence-corrected chi connectivity index (χ2v) is 6.44. The van der Waals surface area contributed by atoms with Gasteiger partial charge in [-0.1, -0.05) is 49.6 Å². The summed E-state index contributed by atoms with van der Waals surface area (Å²) in [4.78, 5) is 0. The maximum atomic E-state index is 3.62. The highest BCUT2D eigenvalue weighted by Gasteiger charge is 2.47. The minimum absolute atomic E-state index is 0.584. The second-order valence-electron chi connectivity index (χ2n) is 6.44. The van der Waals surface area contributed by atoms with Gasteiger partial charge in [0.2, 0.25) is 0 Å². The summed E-state index contributed by atoms with van der Waals surface area (Å²) in [5.74, 6) is 1.62. The van der Waals surface area contributed by atoms with E-state index in [9.17, 15) is 0 Å². The van der Waals surface area contributed by atoms with Gasteiger partial charge in [-0.2, -0.15) is 0 Å². The molecule has 0 amide bonds. The number of rotatable bonds is 1. The lowest BCUT2D eigenvalue weighted by atomic mass is 9.62. The Bertz CT molecular complexity index is 408. The number of hydrogen-bond donors (Lipinski definition) is 1. The van der Waals surface area contributed by atoms with Crippen LogP contribution in [0, 0.1) is 18.3 Å². The summed E-state index contributed by atoms with van der Waals surface area (Å²) in [6, 6.07) is 9.27. The van der Waals surface area contributed by atoms with E-state index in [0.717, 1.165) is 11.8 Å². The molecule has 3 rings (SSSR count). The highest BCUT2D eigenvalue weighted by molar-refractivity contribution is 5.28. The zero-order valence-corrected chi connectivity index (χ0v) is 11.7. The molecule has 1 nitrogen and oxygen atoms in total. The van der Waals surface area contributed by atoms with Gasteiger partial charge >= 0.3 is 0 Å². The highest BCUT2D eigenvalue weighted by atomic mass is 14.9. The van der Waals surface area contributed by atoms with Gasteiger partial charge in [0.05, 0.1) is 0 Å². The van der Waals surface area contributed by atoms with Crippen molar-refractivity contribution in [2.45, 2.75) is 45.4 Å². The molecule has 18 heavy (non-hydrogen) atoms. The summed E-state index contributed by atoms with van der Waals surface area (Å²) in [6.07, 6.45) is 5.67. The van der Waals surface area contributed by atoms with E-state index in [4.69, 9.17) is 0 Å². The third-order valence-corrected chi connectivity index (χ3v) is 5.55. The van der Waals surface area contributed by atoms with Gasteiger partial charge < -0.3 is 5.32 Å². The summed E-state index contributed by atoms with van der Waals surface area (Å²) >= 11 is 0. The second kappa shape index (κ2) is 4.70. The molecule has 1 aromatic carbocycles. The Morgan fingerprint density at radius 3 is 2.61 bits per heavy atom. The van der Waals surface area contributed by atoms with Crippen molar-refractivity contribution in [2.24, 2.45) is 11.3 Å². The fourth-order valence-electron chi connectivity index (χ4n) is 4.35. The Morgan fingerprint density at radius 1 is 1.17 bits per heavy atom. The Kier molecular flexibility index (Phi) is 3.19. The molecule has 2 aliphatic rings. The Balaban J connectivity index is 1.95. The van der Waals surface area contributed by atoms with E-state index in [1.54, 1.807) is 5.56 Å². The first-order valence-corrected chi connectivity index (χ1v) is 7.50. The molecule has 1 saturated carbocycles. The van der Waals surface area contributed by atoms with Crippen LogP contribution in [0.5, 0.6) is 0 Å². The molecule has 98 valence electrons. The first-order chi connectivity index (χ1) is 8.72. The lowest BCUT2D eigenvalue weighted by Gasteiger charge is -2.45. The van der Waals surface area contributed by atoms with E-state index >= 15 is 0 Å². The van der Waals surface area contributed by atoms with Gasteiger partial charge in [-0.15, -0.1) is 0 Å². The van der Waals surface area contributed by atoms with Gasteiger partial charge in [0.1, 0.15) is 0 Å². The van der Waals surface area contributed by atoms with Crippen LogP contribution in [-0.2, 0) is 0 Å². The maximum Gasteiger partial charge on any atom is 0.00256 e. The van der Waals surface area contributed by atoms with Gasteiger partial charge in [-0.05, 0) is 43.2 Å². The third kappa shape index (κ3) is 1.89. The zero-order valence-electron chi connectivity index (χ0n) is 11.7. The molecule has 2 fully saturated rings. The summed E-state index contributed by atoms with van der Waals surface area (Å²) in [7, 11) is 0. The third-order valence-electron chi connectivity index (χ3n) is 5.55. The summed E-state index contributed by atoms with van der Waals surface area (Å²) in [6.45, 7) is 7.05.